The third-order valence-electron chi connectivity index (χ3n) is 3.69. The highest BCUT2D eigenvalue weighted by Gasteiger charge is 2.02. The first-order valence-electron chi connectivity index (χ1n) is 7.83. The summed E-state index contributed by atoms with van der Waals surface area (Å²) in [5, 5.41) is 6.19. The van der Waals surface area contributed by atoms with E-state index in [4.69, 9.17) is 4.74 Å². The molecule has 25 heavy (non-hydrogen) atoms. The van der Waals surface area contributed by atoms with Crippen LogP contribution in [-0.4, -0.2) is 19.4 Å². The van der Waals surface area contributed by atoms with Crippen molar-refractivity contribution in [3.05, 3.63) is 77.9 Å². The van der Waals surface area contributed by atoms with Gasteiger partial charge in [-0.2, -0.15) is 5.10 Å². The second-order valence-electron chi connectivity index (χ2n) is 5.36. The number of benzene rings is 3. The van der Waals surface area contributed by atoms with E-state index in [-0.39, 0.29) is 0 Å². The number of carbonyl (C=O) groups excluding carboxylic acids is 1. The maximum Gasteiger partial charge on any atom is 0.427 e. The maximum atomic E-state index is 11.0. The molecule has 0 aromatic heterocycles. The maximum absolute atomic E-state index is 11.0. The van der Waals surface area contributed by atoms with Crippen molar-refractivity contribution in [2.24, 2.45) is 5.10 Å². The van der Waals surface area contributed by atoms with Crippen LogP contribution in [0, 0.1) is 0 Å². The van der Waals surface area contributed by atoms with E-state index >= 15 is 0 Å². The number of hydrazone groups is 1. The average Bonchev–Trinajstić information content (AvgIpc) is 2.66. The summed E-state index contributed by atoms with van der Waals surface area (Å²) in [5.74, 6) is 0.731. The lowest BCUT2D eigenvalue weighted by Crippen LogP contribution is -2.16. The third kappa shape index (κ3) is 4.35. The lowest BCUT2D eigenvalue weighted by molar-refractivity contribution is 0.171. The van der Waals surface area contributed by atoms with Gasteiger partial charge in [-0.25, -0.2) is 10.2 Å². The standard InChI is InChI=1S/C20H18N2O3/c1-24-20(23)22-21-13-15-6-4-10-18(12-15)25-14-17-9-5-8-16-7-2-3-11-19(16)17/h2-13H,14H2,1H3,(H,22,23)/b21-13-. The van der Waals surface area contributed by atoms with Crippen molar-refractivity contribution in [1.82, 2.24) is 5.43 Å². The number of rotatable bonds is 5. The van der Waals surface area contributed by atoms with Crippen molar-refractivity contribution < 1.29 is 14.3 Å². The van der Waals surface area contributed by atoms with Gasteiger partial charge in [-0.15, -0.1) is 0 Å². The quantitative estimate of drug-likeness (QED) is 0.564. The number of nitrogens with zero attached hydrogens (tertiary/aromatic N) is 1. The fourth-order valence-electron chi connectivity index (χ4n) is 2.47. The first-order chi connectivity index (χ1) is 12.3. The molecule has 0 unspecified atom stereocenters. The lowest BCUT2D eigenvalue weighted by atomic mass is 10.1. The molecule has 0 aliphatic heterocycles. The van der Waals surface area contributed by atoms with Gasteiger partial charge in [0.05, 0.1) is 13.3 Å². The first kappa shape index (κ1) is 16.5. The highest BCUT2D eigenvalue weighted by Crippen LogP contribution is 2.21. The van der Waals surface area contributed by atoms with Crippen LogP contribution in [0.25, 0.3) is 10.8 Å². The van der Waals surface area contributed by atoms with E-state index in [0.717, 1.165) is 16.9 Å². The van der Waals surface area contributed by atoms with Gasteiger partial charge in [0.1, 0.15) is 12.4 Å². The van der Waals surface area contributed by atoms with E-state index in [9.17, 15) is 4.79 Å². The van der Waals surface area contributed by atoms with Crippen LogP contribution in [0.3, 0.4) is 0 Å². The van der Waals surface area contributed by atoms with Crippen LogP contribution < -0.4 is 10.2 Å². The molecule has 5 heteroatoms. The van der Waals surface area contributed by atoms with E-state index in [1.807, 2.05) is 42.5 Å². The van der Waals surface area contributed by atoms with E-state index in [2.05, 4.69) is 39.5 Å². The molecule has 1 N–H and O–H groups in total. The average molecular weight is 334 g/mol. The van der Waals surface area contributed by atoms with Crippen molar-refractivity contribution in [2.75, 3.05) is 7.11 Å². The van der Waals surface area contributed by atoms with Gasteiger partial charge in [0.2, 0.25) is 0 Å². The molecule has 0 atom stereocenters. The Bertz CT molecular complexity index is 901. The van der Waals surface area contributed by atoms with Crippen LogP contribution in [0.5, 0.6) is 5.75 Å². The van der Waals surface area contributed by atoms with Crippen LogP contribution in [-0.2, 0) is 11.3 Å². The summed E-state index contributed by atoms with van der Waals surface area (Å²) in [6, 6.07) is 21.9. The summed E-state index contributed by atoms with van der Waals surface area (Å²) in [6.07, 6.45) is 0.918. The summed E-state index contributed by atoms with van der Waals surface area (Å²) >= 11 is 0. The number of hydrogen-bond acceptors (Lipinski definition) is 4. The molecule has 5 nitrogen and oxygen atoms in total. The molecular formula is C20H18N2O3. The van der Waals surface area contributed by atoms with Crippen LogP contribution in [0.4, 0.5) is 4.79 Å². The van der Waals surface area contributed by atoms with Gasteiger partial charge >= 0.3 is 6.09 Å². The smallest absolute Gasteiger partial charge is 0.427 e. The normalized spacial score (nSPS) is 10.8. The van der Waals surface area contributed by atoms with Crippen molar-refractivity contribution in [1.29, 1.82) is 0 Å². The molecule has 0 aliphatic rings. The van der Waals surface area contributed by atoms with Crippen molar-refractivity contribution in [3.63, 3.8) is 0 Å². The zero-order valence-corrected chi connectivity index (χ0v) is 13.8. The van der Waals surface area contributed by atoms with Crippen molar-refractivity contribution in [3.8, 4) is 5.75 Å². The van der Waals surface area contributed by atoms with Crippen LogP contribution in [0.15, 0.2) is 71.8 Å². The van der Waals surface area contributed by atoms with Crippen LogP contribution in [0.2, 0.25) is 0 Å². The first-order valence-corrected chi connectivity index (χ1v) is 7.83. The summed E-state index contributed by atoms with van der Waals surface area (Å²) in [4.78, 5) is 11.0. The largest absolute Gasteiger partial charge is 0.489 e. The Morgan fingerprint density at radius 1 is 1.08 bits per heavy atom. The topological polar surface area (TPSA) is 59.9 Å². The Balaban J connectivity index is 1.69. The fourth-order valence-corrected chi connectivity index (χ4v) is 2.47. The molecule has 126 valence electrons. The molecule has 0 radical (unpaired) electrons. The Labute approximate surface area is 145 Å². The van der Waals surface area contributed by atoms with Crippen LogP contribution >= 0.6 is 0 Å². The van der Waals surface area contributed by atoms with E-state index in [1.165, 1.54) is 24.1 Å². The van der Waals surface area contributed by atoms with Gasteiger partial charge in [-0.1, -0.05) is 54.6 Å². The number of fused-ring (bicyclic) bond motifs is 1. The molecule has 0 saturated heterocycles. The molecule has 3 aromatic carbocycles. The predicted molar refractivity (Wildman–Crippen MR) is 97.9 cm³/mol. The summed E-state index contributed by atoms with van der Waals surface area (Å²) in [5.41, 5.74) is 4.19. The number of methoxy groups -OCH3 is 1. The minimum Gasteiger partial charge on any atom is -0.489 e. The lowest BCUT2D eigenvalue weighted by Gasteiger charge is -2.09. The second kappa shape index (κ2) is 7.97. The number of ether oxygens (including phenoxy) is 2. The number of amides is 1. The highest BCUT2D eigenvalue weighted by molar-refractivity contribution is 5.85. The van der Waals surface area contributed by atoms with Crippen molar-refractivity contribution >= 4 is 23.1 Å². The Kier molecular flexibility index (Phi) is 5.26. The van der Waals surface area contributed by atoms with E-state index in [0.29, 0.717) is 6.61 Å². The Morgan fingerprint density at radius 2 is 1.88 bits per heavy atom. The second-order valence-corrected chi connectivity index (χ2v) is 5.36. The van der Waals surface area contributed by atoms with Gasteiger partial charge in [-0.3, -0.25) is 0 Å². The molecule has 3 rings (SSSR count). The van der Waals surface area contributed by atoms with Gasteiger partial charge in [0.15, 0.2) is 0 Å². The molecule has 0 aliphatic carbocycles. The fraction of sp³-hybridized carbons (Fsp3) is 0.100. The van der Waals surface area contributed by atoms with Gasteiger partial charge in [0.25, 0.3) is 0 Å². The van der Waals surface area contributed by atoms with E-state index in [1.54, 1.807) is 0 Å². The highest BCUT2D eigenvalue weighted by atomic mass is 16.5. The molecule has 0 saturated carbocycles. The van der Waals surface area contributed by atoms with Gasteiger partial charge < -0.3 is 9.47 Å². The van der Waals surface area contributed by atoms with Crippen LogP contribution in [0.1, 0.15) is 11.1 Å². The summed E-state index contributed by atoms with van der Waals surface area (Å²) < 4.78 is 10.4. The molecule has 0 spiro atoms. The zero-order valence-electron chi connectivity index (χ0n) is 13.8. The Hall–Kier alpha value is -3.34. The molecule has 3 aromatic rings. The molecule has 0 bridgehead atoms. The number of carbonyl (C=O) groups is 1. The Morgan fingerprint density at radius 3 is 2.76 bits per heavy atom. The predicted octanol–water partition coefficient (Wildman–Crippen LogP) is 4.11. The summed E-state index contributed by atoms with van der Waals surface area (Å²) in [6.45, 7) is 0.475. The molecule has 0 fully saturated rings. The van der Waals surface area contributed by atoms with Gasteiger partial charge in [0, 0.05) is 0 Å². The van der Waals surface area contributed by atoms with Crippen molar-refractivity contribution in [2.45, 2.75) is 6.61 Å². The summed E-state index contributed by atoms with van der Waals surface area (Å²) in [7, 11) is 1.28. The molecular weight excluding hydrogens is 316 g/mol. The third-order valence-corrected chi connectivity index (χ3v) is 3.69. The monoisotopic (exact) mass is 334 g/mol. The minimum absolute atomic E-state index is 0.475. The number of nitrogens with one attached hydrogen (secondary N) is 1. The molecule has 1 amide bonds. The SMILES string of the molecule is COC(=O)N/N=C\c1cccc(OCc2cccc3ccccc23)c1. The number of hydrogen-bond donors (Lipinski definition) is 1. The van der Waals surface area contributed by atoms with Gasteiger partial charge in [-0.05, 0) is 34.0 Å². The zero-order chi connectivity index (χ0) is 17.5. The van der Waals surface area contributed by atoms with E-state index < -0.39 is 6.09 Å². The molecule has 0 heterocycles. The minimum atomic E-state index is -0.611.